The standard InChI is InChI=1S/C18H23NO2/c1-5-13-6-7-15(12(2)8-13)19-11-14-16(20)9-18(3,4)10-17(14)21/h6-8,11,19H,5,9-10H2,1-4H3. The number of hydrogen-bond donors (Lipinski definition) is 1. The Labute approximate surface area is 126 Å². The summed E-state index contributed by atoms with van der Waals surface area (Å²) in [6.07, 6.45) is 3.43. The molecule has 0 atom stereocenters. The van der Waals surface area contributed by atoms with Crippen LogP contribution in [0.1, 0.15) is 44.7 Å². The van der Waals surface area contributed by atoms with Crippen LogP contribution in [0.3, 0.4) is 0 Å². The van der Waals surface area contributed by atoms with E-state index in [1.54, 1.807) is 6.20 Å². The molecule has 1 saturated carbocycles. The van der Waals surface area contributed by atoms with Crippen molar-refractivity contribution in [1.29, 1.82) is 0 Å². The number of benzene rings is 1. The minimum absolute atomic E-state index is 0.0634. The van der Waals surface area contributed by atoms with Gasteiger partial charge < -0.3 is 5.32 Å². The molecule has 1 aromatic carbocycles. The minimum Gasteiger partial charge on any atom is -0.361 e. The monoisotopic (exact) mass is 285 g/mol. The summed E-state index contributed by atoms with van der Waals surface area (Å²) in [5.74, 6) is -0.127. The van der Waals surface area contributed by atoms with E-state index in [9.17, 15) is 9.59 Å². The molecule has 1 aliphatic rings. The summed E-state index contributed by atoms with van der Waals surface area (Å²) in [7, 11) is 0. The van der Waals surface area contributed by atoms with Crippen LogP contribution < -0.4 is 5.32 Å². The Morgan fingerprint density at radius 1 is 1.19 bits per heavy atom. The Kier molecular flexibility index (Phi) is 4.31. The van der Waals surface area contributed by atoms with Crippen molar-refractivity contribution in [1.82, 2.24) is 0 Å². The highest BCUT2D eigenvalue weighted by Gasteiger charge is 2.35. The van der Waals surface area contributed by atoms with E-state index < -0.39 is 0 Å². The summed E-state index contributed by atoms with van der Waals surface area (Å²) in [6.45, 7) is 8.06. The molecular formula is C18H23NO2. The third-order valence-corrected chi connectivity index (χ3v) is 3.95. The Morgan fingerprint density at radius 3 is 2.33 bits per heavy atom. The van der Waals surface area contributed by atoms with Crippen molar-refractivity contribution < 1.29 is 9.59 Å². The van der Waals surface area contributed by atoms with Gasteiger partial charge in [0.05, 0.1) is 5.57 Å². The number of hydrogen-bond acceptors (Lipinski definition) is 3. The van der Waals surface area contributed by atoms with Crippen LogP contribution in [0, 0.1) is 12.3 Å². The van der Waals surface area contributed by atoms with Gasteiger partial charge in [0.25, 0.3) is 0 Å². The number of anilines is 1. The molecule has 0 saturated heterocycles. The van der Waals surface area contributed by atoms with Gasteiger partial charge in [0, 0.05) is 24.7 Å². The molecule has 0 unspecified atom stereocenters. The van der Waals surface area contributed by atoms with E-state index >= 15 is 0 Å². The highest BCUT2D eigenvalue weighted by molar-refractivity contribution is 6.22. The Balaban J connectivity index is 2.18. The van der Waals surface area contributed by atoms with Crippen LogP contribution in [0.5, 0.6) is 0 Å². The lowest BCUT2D eigenvalue weighted by Crippen LogP contribution is -2.31. The second-order valence-corrected chi connectivity index (χ2v) is 6.57. The molecule has 112 valence electrons. The van der Waals surface area contributed by atoms with E-state index in [0.717, 1.165) is 17.7 Å². The molecule has 1 fully saturated rings. The third-order valence-electron chi connectivity index (χ3n) is 3.95. The van der Waals surface area contributed by atoms with Gasteiger partial charge in [-0.05, 0) is 36.0 Å². The molecule has 0 aliphatic heterocycles. The number of nitrogens with one attached hydrogen (secondary N) is 1. The molecule has 3 nitrogen and oxygen atoms in total. The van der Waals surface area contributed by atoms with Crippen LogP contribution in [0.2, 0.25) is 0 Å². The lowest BCUT2D eigenvalue weighted by molar-refractivity contribution is -0.127. The van der Waals surface area contributed by atoms with Crippen LogP contribution in [0.25, 0.3) is 0 Å². The van der Waals surface area contributed by atoms with Crippen LogP contribution in [0.4, 0.5) is 5.69 Å². The van der Waals surface area contributed by atoms with Gasteiger partial charge in [0.1, 0.15) is 0 Å². The van der Waals surface area contributed by atoms with Crippen molar-refractivity contribution in [3.05, 3.63) is 41.1 Å². The highest BCUT2D eigenvalue weighted by atomic mass is 16.1. The molecule has 0 radical (unpaired) electrons. The van der Waals surface area contributed by atoms with Crippen molar-refractivity contribution in [3.63, 3.8) is 0 Å². The van der Waals surface area contributed by atoms with Crippen LogP contribution in [-0.2, 0) is 16.0 Å². The predicted molar refractivity (Wildman–Crippen MR) is 85.3 cm³/mol. The van der Waals surface area contributed by atoms with E-state index in [0.29, 0.717) is 18.4 Å². The molecule has 1 aromatic rings. The summed E-state index contributed by atoms with van der Waals surface area (Å²) in [4.78, 5) is 24.2. The maximum Gasteiger partial charge on any atom is 0.168 e. The summed E-state index contributed by atoms with van der Waals surface area (Å²) >= 11 is 0. The lowest BCUT2D eigenvalue weighted by Gasteiger charge is -2.28. The molecule has 2 rings (SSSR count). The van der Waals surface area contributed by atoms with E-state index in [2.05, 4.69) is 24.4 Å². The number of ketones is 2. The smallest absolute Gasteiger partial charge is 0.168 e. The SMILES string of the molecule is CCc1ccc(NC=C2C(=O)CC(C)(C)CC2=O)c(C)c1. The molecule has 1 aliphatic carbocycles. The third kappa shape index (κ3) is 3.60. The first-order valence-corrected chi connectivity index (χ1v) is 7.45. The molecular weight excluding hydrogens is 262 g/mol. The molecule has 1 N–H and O–H groups in total. The van der Waals surface area contributed by atoms with Crippen LogP contribution in [-0.4, -0.2) is 11.6 Å². The lowest BCUT2D eigenvalue weighted by atomic mass is 9.74. The molecule has 0 bridgehead atoms. The first-order chi connectivity index (χ1) is 9.82. The molecule has 21 heavy (non-hydrogen) atoms. The zero-order valence-electron chi connectivity index (χ0n) is 13.2. The average molecular weight is 285 g/mol. The van der Waals surface area contributed by atoms with Crippen molar-refractivity contribution in [2.75, 3.05) is 5.32 Å². The van der Waals surface area contributed by atoms with Crippen LogP contribution in [0.15, 0.2) is 30.0 Å². The van der Waals surface area contributed by atoms with Crippen molar-refractivity contribution >= 4 is 17.3 Å². The van der Waals surface area contributed by atoms with E-state index in [-0.39, 0.29) is 17.0 Å². The molecule has 0 heterocycles. The van der Waals surface area contributed by atoms with Gasteiger partial charge in [0.2, 0.25) is 0 Å². The predicted octanol–water partition coefficient (Wildman–Crippen LogP) is 3.81. The number of Topliss-reactive ketones (excluding diaryl/α,β-unsaturated/α-hetero) is 2. The van der Waals surface area contributed by atoms with Crippen molar-refractivity contribution in [3.8, 4) is 0 Å². The van der Waals surface area contributed by atoms with Gasteiger partial charge in [-0.3, -0.25) is 9.59 Å². The highest BCUT2D eigenvalue weighted by Crippen LogP contribution is 2.33. The summed E-state index contributed by atoms with van der Waals surface area (Å²) < 4.78 is 0. The fourth-order valence-electron chi connectivity index (χ4n) is 2.70. The summed E-state index contributed by atoms with van der Waals surface area (Å²) in [5, 5.41) is 3.12. The fourth-order valence-corrected chi connectivity index (χ4v) is 2.70. The Morgan fingerprint density at radius 2 is 1.81 bits per heavy atom. The first-order valence-electron chi connectivity index (χ1n) is 7.45. The van der Waals surface area contributed by atoms with Gasteiger partial charge >= 0.3 is 0 Å². The zero-order chi connectivity index (χ0) is 15.6. The normalized spacial score (nSPS) is 17.8. The summed E-state index contributed by atoms with van der Waals surface area (Å²) in [5.41, 5.74) is 3.41. The molecule has 0 aromatic heterocycles. The topological polar surface area (TPSA) is 46.2 Å². The number of rotatable bonds is 3. The number of aryl methyl sites for hydroxylation is 2. The number of carbonyl (C=O) groups is 2. The second-order valence-electron chi connectivity index (χ2n) is 6.57. The second kappa shape index (κ2) is 5.84. The van der Waals surface area contributed by atoms with Gasteiger partial charge in [-0.1, -0.05) is 32.9 Å². The maximum atomic E-state index is 12.1. The Bertz CT molecular complexity index is 590. The van der Waals surface area contributed by atoms with Crippen LogP contribution >= 0.6 is 0 Å². The molecule has 0 spiro atoms. The quantitative estimate of drug-likeness (QED) is 0.678. The average Bonchev–Trinajstić information content (AvgIpc) is 2.37. The van der Waals surface area contributed by atoms with Gasteiger partial charge in [-0.25, -0.2) is 0 Å². The zero-order valence-corrected chi connectivity index (χ0v) is 13.2. The van der Waals surface area contributed by atoms with Crippen molar-refractivity contribution in [2.24, 2.45) is 5.41 Å². The largest absolute Gasteiger partial charge is 0.361 e. The minimum atomic E-state index is -0.218. The van der Waals surface area contributed by atoms with Gasteiger partial charge in [-0.2, -0.15) is 0 Å². The molecule has 3 heteroatoms. The Hall–Kier alpha value is -1.90. The number of carbonyl (C=O) groups excluding carboxylic acids is 2. The van der Waals surface area contributed by atoms with Gasteiger partial charge in [-0.15, -0.1) is 0 Å². The maximum absolute atomic E-state index is 12.1. The summed E-state index contributed by atoms with van der Waals surface area (Å²) in [6, 6.07) is 6.17. The van der Waals surface area contributed by atoms with Crippen molar-refractivity contribution in [2.45, 2.75) is 47.0 Å². The fraction of sp³-hybridized carbons (Fsp3) is 0.444. The molecule has 0 amide bonds. The van der Waals surface area contributed by atoms with E-state index in [1.165, 1.54) is 5.56 Å². The van der Waals surface area contributed by atoms with Gasteiger partial charge in [0.15, 0.2) is 11.6 Å². The first kappa shape index (κ1) is 15.5. The van der Waals surface area contributed by atoms with E-state index in [4.69, 9.17) is 0 Å². The van der Waals surface area contributed by atoms with E-state index in [1.807, 2.05) is 26.8 Å². The number of allylic oxidation sites excluding steroid dienone is 1.